The number of anilines is 1. The fraction of sp³-hybridized carbons (Fsp3) is 0.529. The highest BCUT2D eigenvalue weighted by atomic mass is 19.1. The topological polar surface area (TPSA) is 84.7 Å². The van der Waals surface area contributed by atoms with E-state index in [9.17, 15) is 9.18 Å². The van der Waals surface area contributed by atoms with Crippen LogP contribution in [0.15, 0.2) is 18.2 Å². The van der Waals surface area contributed by atoms with Crippen LogP contribution in [0.3, 0.4) is 0 Å². The Morgan fingerprint density at radius 1 is 1.36 bits per heavy atom. The normalized spacial score (nSPS) is 20.4. The Labute approximate surface area is 146 Å². The number of aromatic nitrogens is 4. The predicted molar refractivity (Wildman–Crippen MR) is 91.9 cm³/mol. The summed E-state index contributed by atoms with van der Waals surface area (Å²) in [6.45, 7) is 4.12. The number of amides is 1. The van der Waals surface area contributed by atoms with Gasteiger partial charge >= 0.3 is 0 Å². The molecule has 1 fully saturated rings. The van der Waals surface area contributed by atoms with Crippen LogP contribution in [0.4, 0.5) is 10.1 Å². The Morgan fingerprint density at radius 2 is 2.16 bits per heavy atom. The number of carbonyl (C=O) groups excluding carboxylic acids is 1. The van der Waals surface area contributed by atoms with Crippen molar-refractivity contribution in [3.8, 4) is 5.69 Å². The Kier molecular flexibility index (Phi) is 5.37. The molecule has 2 N–H and O–H groups in total. The maximum absolute atomic E-state index is 14.0. The Balaban J connectivity index is 1.63. The van der Waals surface area contributed by atoms with Gasteiger partial charge < -0.3 is 10.6 Å². The third kappa shape index (κ3) is 4.19. The van der Waals surface area contributed by atoms with Crippen molar-refractivity contribution in [3.05, 3.63) is 29.8 Å². The van der Waals surface area contributed by atoms with Gasteiger partial charge in [-0.3, -0.25) is 4.79 Å². The molecule has 2 aromatic rings. The van der Waals surface area contributed by atoms with Crippen molar-refractivity contribution in [3.63, 3.8) is 0 Å². The summed E-state index contributed by atoms with van der Waals surface area (Å²) < 4.78 is 15.5. The molecule has 0 radical (unpaired) electrons. The van der Waals surface area contributed by atoms with Gasteiger partial charge in [0.2, 0.25) is 5.91 Å². The molecule has 1 saturated carbocycles. The van der Waals surface area contributed by atoms with E-state index in [0.29, 0.717) is 23.5 Å². The number of nitrogens with zero attached hydrogens (tertiary/aromatic N) is 4. The van der Waals surface area contributed by atoms with E-state index < -0.39 is 5.82 Å². The summed E-state index contributed by atoms with van der Waals surface area (Å²) in [5, 5.41) is 17.1. The standard InChI is InChI=1S/C17H23FN6O/c1-11-5-3-4-6-15(11)19-10-17(25)20-16-9-13(7-8-14(16)18)24-12(2)21-22-23-24/h7-9,11,15,19H,3-6,10H2,1-2H3,(H,20,25). The second kappa shape index (κ2) is 7.69. The zero-order chi connectivity index (χ0) is 17.8. The molecule has 1 aromatic carbocycles. The van der Waals surface area contributed by atoms with Crippen LogP contribution in [-0.2, 0) is 4.79 Å². The molecule has 1 heterocycles. The Bertz CT molecular complexity index is 746. The molecule has 2 unspecified atom stereocenters. The Morgan fingerprint density at radius 3 is 2.88 bits per heavy atom. The molecule has 3 rings (SSSR count). The van der Waals surface area contributed by atoms with Gasteiger partial charge in [-0.05, 0) is 54.3 Å². The van der Waals surface area contributed by atoms with Crippen LogP contribution in [0, 0.1) is 18.7 Å². The third-order valence-corrected chi connectivity index (χ3v) is 4.73. The van der Waals surface area contributed by atoms with E-state index in [2.05, 4.69) is 33.1 Å². The maximum atomic E-state index is 14.0. The summed E-state index contributed by atoms with van der Waals surface area (Å²) in [6.07, 6.45) is 4.70. The molecule has 8 heteroatoms. The molecular formula is C17H23FN6O. The quantitative estimate of drug-likeness (QED) is 0.867. The smallest absolute Gasteiger partial charge is 0.238 e. The second-order valence-corrected chi connectivity index (χ2v) is 6.60. The molecule has 1 aliphatic rings. The van der Waals surface area contributed by atoms with Gasteiger partial charge in [-0.2, -0.15) is 4.68 Å². The van der Waals surface area contributed by atoms with Gasteiger partial charge in [0.25, 0.3) is 0 Å². The van der Waals surface area contributed by atoms with Crippen molar-refractivity contribution >= 4 is 11.6 Å². The summed E-state index contributed by atoms with van der Waals surface area (Å²) in [5.74, 6) is 0.386. The number of halogens is 1. The predicted octanol–water partition coefficient (Wildman–Crippen LogP) is 2.22. The molecule has 25 heavy (non-hydrogen) atoms. The molecule has 1 amide bonds. The second-order valence-electron chi connectivity index (χ2n) is 6.60. The van der Waals surface area contributed by atoms with Crippen LogP contribution in [-0.4, -0.2) is 38.7 Å². The minimum atomic E-state index is -0.492. The van der Waals surface area contributed by atoms with Crippen LogP contribution < -0.4 is 10.6 Å². The molecule has 1 aromatic heterocycles. The number of tetrazole rings is 1. The lowest BCUT2D eigenvalue weighted by molar-refractivity contribution is -0.115. The molecule has 2 atom stereocenters. The molecular weight excluding hydrogens is 323 g/mol. The van der Waals surface area contributed by atoms with Gasteiger partial charge in [-0.1, -0.05) is 19.8 Å². The highest BCUT2D eigenvalue weighted by Crippen LogP contribution is 2.23. The number of aryl methyl sites for hydroxylation is 1. The van der Waals surface area contributed by atoms with E-state index in [1.807, 2.05) is 0 Å². The highest BCUT2D eigenvalue weighted by Gasteiger charge is 2.21. The minimum Gasteiger partial charge on any atom is -0.322 e. The summed E-state index contributed by atoms with van der Waals surface area (Å²) >= 11 is 0. The first-order valence-corrected chi connectivity index (χ1v) is 8.62. The summed E-state index contributed by atoms with van der Waals surface area (Å²) in [6, 6.07) is 4.73. The van der Waals surface area contributed by atoms with Crippen molar-refractivity contribution in [2.75, 3.05) is 11.9 Å². The van der Waals surface area contributed by atoms with E-state index >= 15 is 0 Å². The van der Waals surface area contributed by atoms with Crippen LogP contribution in [0.5, 0.6) is 0 Å². The van der Waals surface area contributed by atoms with Gasteiger partial charge in [-0.15, -0.1) is 5.10 Å². The van der Waals surface area contributed by atoms with Crippen LogP contribution in [0.2, 0.25) is 0 Å². The zero-order valence-corrected chi connectivity index (χ0v) is 14.5. The molecule has 0 aliphatic heterocycles. The van der Waals surface area contributed by atoms with Crippen molar-refractivity contribution in [1.82, 2.24) is 25.5 Å². The van der Waals surface area contributed by atoms with Crippen molar-refractivity contribution in [2.45, 2.75) is 45.6 Å². The first-order valence-electron chi connectivity index (χ1n) is 8.62. The van der Waals surface area contributed by atoms with E-state index in [-0.39, 0.29) is 18.1 Å². The van der Waals surface area contributed by atoms with Crippen molar-refractivity contribution in [1.29, 1.82) is 0 Å². The molecule has 0 bridgehead atoms. The third-order valence-electron chi connectivity index (χ3n) is 4.73. The number of rotatable bonds is 5. The molecule has 7 nitrogen and oxygen atoms in total. The zero-order valence-electron chi connectivity index (χ0n) is 14.5. The lowest BCUT2D eigenvalue weighted by Gasteiger charge is -2.29. The number of hydrogen-bond donors (Lipinski definition) is 2. The average Bonchev–Trinajstić information content (AvgIpc) is 3.02. The monoisotopic (exact) mass is 346 g/mol. The summed E-state index contributed by atoms with van der Waals surface area (Å²) in [5.41, 5.74) is 0.712. The fourth-order valence-electron chi connectivity index (χ4n) is 3.25. The molecule has 0 saturated heterocycles. The van der Waals surface area contributed by atoms with E-state index in [1.54, 1.807) is 13.0 Å². The molecule has 134 valence electrons. The largest absolute Gasteiger partial charge is 0.322 e. The minimum absolute atomic E-state index is 0.121. The van der Waals surface area contributed by atoms with Crippen molar-refractivity contribution < 1.29 is 9.18 Å². The van der Waals surface area contributed by atoms with Gasteiger partial charge in [0.05, 0.1) is 17.9 Å². The number of carbonyl (C=O) groups is 1. The van der Waals surface area contributed by atoms with E-state index in [4.69, 9.17) is 0 Å². The number of benzene rings is 1. The average molecular weight is 346 g/mol. The van der Waals surface area contributed by atoms with Gasteiger partial charge in [0.1, 0.15) is 5.82 Å². The number of nitrogens with one attached hydrogen (secondary N) is 2. The van der Waals surface area contributed by atoms with Crippen LogP contribution in [0.1, 0.15) is 38.4 Å². The molecule has 0 spiro atoms. The SMILES string of the molecule is Cc1nnnn1-c1ccc(F)c(NC(=O)CNC2CCCCC2C)c1. The first-order chi connectivity index (χ1) is 12.0. The van der Waals surface area contributed by atoms with Crippen LogP contribution >= 0.6 is 0 Å². The van der Waals surface area contributed by atoms with Gasteiger partial charge in [-0.25, -0.2) is 4.39 Å². The lowest BCUT2D eigenvalue weighted by atomic mass is 9.86. The van der Waals surface area contributed by atoms with E-state index in [0.717, 1.165) is 6.42 Å². The van der Waals surface area contributed by atoms with E-state index in [1.165, 1.54) is 36.1 Å². The lowest BCUT2D eigenvalue weighted by Crippen LogP contribution is -2.41. The summed E-state index contributed by atoms with van der Waals surface area (Å²) in [4.78, 5) is 12.2. The summed E-state index contributed by atoms with van der Waals surface area (Å²) in [7, 11) is 0. The number of hydrogen-bond acceptors (Lipinski definition) is 5. The first kappa shape index (κ1) is 17.5. The Hall–Kier alpha value is -2.35. The van der Waals surface area contributed by atoms with Gasteiger partial charge in [0, 0.05) is 6.04 Å². The molecule has 1 aliphatic carbocycles. The maximum Gasteiger partial charge on any atom is 0.238 e. The highest BCUT2D eigenvalue weighted by molar-refractivity contribution is 5.92. The van der Waals surface area contributed by atoms with Crippen LogP contribution in [0.25, 0.3) is 5.69 Å². The van der Waals surface area contributed by atoms with Crippen molar-refractivity contribution in [2.24, 2.45) is 5.92 Å². The van der Waals surface area contributed by atoms with Gasteiger partial charge in [0.15, 0.2) is 5.82 Å². The fourth-order valence-corrected chi connectivity index (χ4v) is 3.25.